The van der Waals surface area contributed by atoms with E-state index < -0.39 is 10.1 Å². The van der Waals surface area contributed by atoms with Gasteiger partial charge in [0, 0.05) is 11.6 Å². The summed E-state index contributed by atoms with van der Waals surface area (Å²) >= 11 is 0. The van der Waals surface area contributed by atoms with Gasteiger partial charge in [-0.3, -0.25) is 4.18 Å². The van der Waals surface area contributed by atoms with Crippen LogP contribution in [-0.4, -0.2) is 37.6 Å². The molecule has 3 rings (SSSR count). The molecule has 0 N–H and O–H groups in total. The lowest BCUT2D eigenvalue weighted by atomic mass is 10.1. The number of carbonyl (C=O) groups is 1. The van der Waals surface area contributed by atoms with E-state index in [4.69, 9.17) is 13.7 Å². The van der Waals surface area contributed by atoms with Crippen molar-refractivity contribution in [3.8, 4) is 17.1 Å². The number of esters is 1. The molecule has 38 heavy (non-hydrogen) atoms. The second-order valence-electron chi connectivity index (χ2n) is 8.81. The summed E-state index contributed by atoms with van der Waals surface area (Å²) in [5.41, 5.74) is 2.51. The lowest BCUT2D eigenvalue weighted by Crippen LogP contribution is -2.06. The van der Waals surface area contributed by atoms with Crippen LogP contribution in [0.3, 0.4) is 0 Å². The normalized spacial score (nSPS) is 11.2. The number of benzene rings is 2. The Morgan fingerprint density at radius 2 is 1.47 bits per heavy atom. The summed E-state index contributed by atoms with van der Waals surface area (Å²) in [5.74, 6) is 0.798. The number of hydrogen-bond acceptors (Lipinski definition) is 8. The van der Waals surface area contributed by atoms with Gasteiger partial charge in [-0.15, -0.1) is 0 Å². The van der Waals surface area contributed by atoms with Gasteiger partial charge in [0.15, 0.2) is 11.6 Å². The number of nitrogens with zero attached hydrogens (tertiary/aromatic N) is 2. The van der Waals surface area contributed by atoms with E-state index in [0.717, 1.165) is 55.2 Å². The van der Waals surface area contributed by atoms with Crippen molar-refractivity contribution in [1.29, 1.82) is 0 Å². The number of ether oxygens (including phenoxy) is 2. The van der Waals surface area contributed by atoms with Crippen molar-refractivity contribution in [2.24, 2.45) is 0 Å². The molecule has 1 heterocycles. The maximum absolute atomic E-state index is 12.4. The average molecular weight is 539 g/mol. The van der Waals surface area contributed by atoms with Crippen LogP contribution < -0.4 is 4.74 Å². The largest absolute Gasteiger partial charge is 0.490 e. The minimum atomic E-state index is -3.82. The molecule has 0 aliphatic rings. The molecule has 0 saturated heterocycles. The number of unbranched alkanes of at least 4 members (excludes halogenated alkanes) is 5. The summed E-state index contributed by atoms with van der Waals surface area (Å²) in [6.45, 7) is 6.24. The SMILES string of the molecule is C=CC(=O)OCCCCCCCCOc1cnc(-c2ccc(COS(=O)(=O)c3ccc(C)cc3)cc2)nc1. The van der Waals surface area contributed by atoms with E-state index in [2.05, 4.69) is 16.5 Å². The minimum absolute atomic E-state index is 0.0602. The Hall–Kier alpha value is -3.56. The van der Waals surface area contributed by atoms with Crippen molar-refractivity contribution < 1.29 is 26.9 Å². The molecule has 1 aromatic heterocycles. The highest BCUT2D eigenvalue weighted by Crippen LogP contribution is 2.20. The number of carbonyl (C=O) groups excluding carboxylic acids is 1. The number of aromatic nitrogens is 2. The molecule has 0 saturated carbocycles. The fourth-order valence-electron chi connectivity index (χ4n) is 3.54. The Kier molecular flexibility index (Phi) is 11.4. The molecule has 0 aliphatic carbocycles. The van der Waals surface area contributed by atoms with Gasteiger partial charge in [0.25, 0.3) is 10.1 Å². The molecule has 0 fully saturated rings. The van der Waals surface area contributed by atoms with Crippen molar-refractivity contribution in [1.82, 2.24) is 9.97 Å². The monoisotopic (exact) mass is 538 g/mol. The van der Waals surface area contributed by atoms with Crippen molar-refractivity contribution in [2.75, 3.05) is 13.2 Å². The summed E-state index contributed by atoms with van der Waals surface area (Å²) in [6, 6.07) is 13.8. The Morgan fingerprint density at radius 3 is 2.11 bits per heavy atom. The van der Waals surface area contributed by atoms with Gasteiger partial charge in [-0.1, -0.05) is 74.2 Å². The van der Waals surface area contributed by atoms with Crippen molar-refractivity contribution in [2.45, 2.75) is 57.0 Å². The summed E-state index contributed by atoms with van der Waals surface area (Å²) < 4.78 is 40.6. The van der Waals surface area contributed by atoms with Crippen LogP contribution in [-0.2, 0) is 30.4 Å². The first-order valence-electron chi connectivity index (χ1n) is 12.7. The zero-order chi connectivity index (χ0) is 27.2. The van der Waals surface area contributed by atoms with E-state index in [1.54, 1.807) is 36.7 Å². The van der Waals surface area contributed by atoms with E-state index in [1.807, 2.05) is 19.1 Å². The molecule has 0 radical (unpaired) electrons. The molecule has 9 heteroatoms. The first-order chi connectivity index (χ1) is 18.4. The second-order valence-corrected chi connectivity index (χ2v) is 10.4. The van der Waals surface area contributed by atoms with Gasteiger partial charge in [0.05, 0.1) is 37.1 Å². The molecule has 0 atom stereocenters. The molecule has 0 unspecified atom stereocenters. The third-order valence-corrected chi connectivity index (χ3v) is 7.03. The number of rotatable bonds is 16. The van der Waals surface area contributed by atoms with Crippen molar-refractivity contribution in [3.05, 3.63) is 84.7 Å². The first kappa shape index (κ1) is 29.0. The zero-order valence-electron chi connectivity index (χ0n) is 21.7. The van der Waals surface area contributed by atoms with Crippen LogP contribution in [0.25, 0.3) is 11.4 Å². The van der Waals surface area contributed by atoms with Crippen LogP contribution in [0.4, 0.5) is 0 Å². The molecule has 2 aromatic carbocycles. The van der Waals surface area contributed by atoms with Crippen LogP contribution >= 0.6 is 0 Å². The van der Waals surface area contributed by atoms with Crippen LogP contribution in [0.1, 0.15) is 49.7 Å². The summed E-state index contributed by atoms with van der Waals surface area (Å²) in [6.07, 6.45) is 10.6. The highest BCUT2D eigenvalue weighted by molar-refractivity contribution is 7.86. The van der Waals surface area contributed by atoms with Gasteiger partial charge in [0.1, 0.15) is 0 Å². The van der Waals surface area contributed by atoms with Crippen molar-refractivity contribution in [3.63, 3.8) is 0 Å². The Bertz CT molecular complexity index is 1260. The highest BCUT2D eigenvalue weighted by atomic mass is 32.2. The van der Waals surface area contributed by atoms with E-state index in [0.29, 0.717) is 24.8 Å². The molecule has 0 aliphatic heterocycles. The number of aryl methyl sites for hydroxylation is 1. The lowest BCUT2D eigenvalue weighted by molar-refractivity contribution is -0.137. The standard InChI is InChI=1S/C29H34N2O6S/c1-3-28(32)36-19-9-7-5-4-6-8-18-35-26-20-30-29(31-21-26)25-14-12-24(13-15-25)22-37-38(33,34)27-16-10-23(2)11-17-27/h3,10-17,20-21H,1,4-9,18-19,22H2,2H3. The van der Waals surface area contributed by atoms with Crippen LogP contribution in [0.2, 0.25) is 0 Å². The third kappa shape index (κ3) is 9.72. The van der Waals surface area contributed by atoms with E-state index in [1.165, 1.54) is 18.2 Å². The van der Waals surface area contributed by atoms with Gasteiger partial charge in [-0.05, 0) is 37.5 Å². The van der Waals surface area contributed by atoms with Crippen molar-refractivity contribution >= 4 is 16.1 Å². The van der Waals surface area contributed by atoms with Gasteiger partial charge in [-0.25, -0.2) is 14.8 Å². The first-order valence-corrected chi connectivity index (χ1v) is 14.1. The summed E-state index contributed by atoms with van der Waals surface area (Å²) in [5, 5.41) is 0. The van der Waals surface area contributed by atoms with Gasteiger partial charge < -0.3 is 9.47 Å². The predicted molar refractivity (Wildman–Crippen MR) is 145 cm³/mol. The maximum Gasteiger partial charge on any atom is 0.330 e. The summed E-state index contributed by atoms with van der Waals surface area (Å²) in [4.78, 5) is 19.8. The minimum Gasteiger partial charge on any atom is -0.490 e. The Balaban J connectivity index is 1.35. The molecule has 0 bridgehead atoms. The Morgan fingerprint density at radius 1 is 0.868 bits per heavy atom. The summed E-state index contributed by atoms with van der Waals surface area (Å²) in [7, 11) is -3.82. The molecular weight excluding hydrogens is 504 g/mol. The maximum atomic E-state index is 12.4. The predicted octanol–water partition coefficient (Wildman–Crippen LogP) is 5.81. The fourth-order valence-corrected chi connectivity index (χ4v) is 4.44. The average Bonchev–Trinajstić information content (AvgIpc) is 2.93. The van der Waals surface area contributed by atoms with Crippen LogP contribution in [0.5, 0.6) is 5.75 Å². The number of hydrogen-bond donors (Lipinski definition) is 0. The second kappa shape index (κ2) is 15.0. The van der Waals surface area contributed by atoms with E-state index in [-0.39, 0.29) is 17.5 Å². The molecular formula is C29H34N2O6S. The lowest BCUT2D eigenvalue weighted by Gasteiger charge is -2.08. The third-order valence-electron chi connectivity index (χ3n) is 5.75. The van der Waals surface area contributed by atoms with E-state index in [9.17, 15) is 13.2 Å². The van der Waals surface area contributed by atoms with Crippen LogP contribution in [0.15, 0.2) is 78.5 Å². The van der Waals surface area contributed by atoms with Gasteiger partial charge >= 0.3 is 5.97 Å². The van der Waals surface area contributed by atoms with Gasteiger partial charge in [0.2, 0.25) is 0 Å². The smallest absolute Gasteiger partial charge is 0.330 e. The van der Waals surface area contributed by atoms with E-state index >= 15 is 0 Å². The molecule has 8 nitrogen and oxygen atoms in total. The quantitative estimate of drug-likeness (QED) is 0.0974. The zero-order valence-corrected chi connectivity index (χ0v) is 22.5. The topological polar surface area (TPSA) is 105 Å². The fraction of sp³-hybridized carbons (Fsp3) is 0.345. The Labute approximate surface area is 224 Å². The molecule has 3 aromatic rings. The highest BCUT2D eigenvalue weighted by Gasteiger charge is 2.15. The van der Waals surface area contributed by atoms with Crippen LogP contribution in [0, 0.1) is 6.92 Å². The molecule has 0 amide bonds. The molecule has 0 spiro atoms. The molecule has 202 valence electrons. The van der Waals surface area contributed by atoms with Gasteiger partial charge in [-0.2, -0.15) is 8.42 Å².